The number of halogens is 4. The van der Waals surface area contributed by atoms with E-state index in [0.29, 0.717) is 60.8 Å². The Morgan fingerprint density at radius 2 is 1.84 bits per heavy atom. The number of hydrogen-bond acceptors (Lipinski definition) is 6. The van der Waals surface area contributed by atoms with Crippen LogP contribution in [-0.2, 0) is 16.0 Å². The van der Waals surface area contributed by atoms with Gasteiger partial charge in [-0.3, -0.25) is 9.79 Å². The van der Waals surface area contributed by atoms with Gasteiger partial charge < -0.3 is 20.1 Å². The highest BCUT2D eigenvalue weighted by Crippen LogP contribution is 2.26. The lowest BCUT2D eigenvalue weighted by Crippen LogP contribution is -2.35. The highest BCUT2D eigenvalue weighted by atomic mass is 19.4. The molecule has 0 amide bonds. The molecule has 0 radical (unpaired) electrons. The number of ether oxygens (including phenoxy) is 1. The van der Waals surface area contributed by atoms with Crippen LogP contribution in [0.5, 0.6) is 0 Å². The molecule has 1 aliphatic rings. The molecule has 0 unspecified atom stereocenters. The second-order valence-corrected chi connectivity index (χ2v) is 10.4. The van der Waals surface area contributed by atoms with Gasteiger partial charge in [-0.2, -0.15) is 0 Å². The molecule has 0 bridgehead atoms. The summed E-state index contributed by atoms with van der Waals surface area (Å²) in [6, 6.07) is 4.99. The number of nitrogens with zero attached hydrogens (tertiary/aromatic N) is 4. The highest BCUT2D eigenvalue weighted by molar-refractivity contribution is 5.82. The fourth-order valence-electron chi connectivity index (χ4n) is 4.58. The average Bonchev–Trinajstić information content (AvgIpc) is 2.97. The van der Waals surface area contributed by atoms with Gasteiger partial charge in [0.2, 0.25) is 5.95 Å². The van der Waals surface area contributed by atoms with E-state index < -0.39 is 12.3 Å². The number of aliphatic carboxylic acids is 1. The molecule has 0 aliphatic carbocycles. The Labute approximate surface area is 257 Å². The van der Waals surface area contributed by atoms with E-state index in [2.05, 4.69) is 38.9 Å². The largest absolute Gasteiger partial charge is 0.573 e. The first-order valence-electron chi connectivity index (χ1n) is 14.8. The van der Waals surface area contributed by atoms with E-state index in [-0.39, 0.29) is 30.5 Å². The molecule has 2 heterocycles. The Hall–Kier alpha value is -3.96. The van der Waals surface area contributed by atoms with Crippen molar-refractivity contribution in [1.29, 1.82) is 0 Å². The van der Waals surface area contributed by atoms with Crippen molar-refractivity contribution < 1.29 is 32.2 Å². The van der Waals surface area contributed by atoms with E-state index in [0.717, 1.165) is 12.8 Å². The molecule has 2 N–H and O–H groups in total. The number of carbonyl (C=O) groups is 1. The van der Waals surface area contributed by atoms with E-state index in [1.807, 2.05) is 11.0 Å². The standard InChI is InChI=1S/C29H35F4N5O3.C3H8/c1-3-5-24(41-29(31,32)33)10-13-35-26(34-2)7-4-6-21-8-9-22(17-25(21)30)23-18-36-28(37-19-23)38-14-11-20(12-15-38)16-27(39)40;1-3-2/h3,5,8-10,17-20H,4,6-7,11-16H2,1-2H3,(H,34,35)(H,39,40);3H2,1-2H3/b5-3-,24-10+;. The molecule has 1 fully saturated rings. The van der Waals surface area contributed by atoms with E-state index in [9.17, 15) is 22.4 Å². The number of carboxylic acids is 1. The molecule has 8 nitrogen and oxygen atoms in total. The molecule has 1 aromatic heterocycles. The molecule has 12 heteroatoms. The van der Waals surface area contributed by atoms with Gasteiger partial charge in [0.1, 0.15) is 11.6 Å². The maximum atomic E-state index is 14.9. The van der Waals surface area contributed by atoms with Crippen molar-refractivity contribution >= 4 is 17.8 Å². The van der Waals surface area contributed by atoms with Gasteiger partial charge in [0.15, 0.2) is 0 Å². The molecule has 0 saturated carbocycles. The minimum Gasteiger partial charge on any atom is -0.481 e. The SMILES string of the molecule is C/C=C\C(=C/CNC(CCCc1ccc(-c2cnc(N3CCC(CC(=O)O)CC3)nc2)cc1F)=NC)OC(F)(F)F.CCC. The van der Waals surface area contributed by atoms with E-state index in [1.165, 1.54) is 30.7 Å². The molecule has 1 aliphatic heterocycles. The van der Waals surface area contributed by atoms with Crippen LogP contribution in [0, 0.1) is 11.7 Å². The zero-order valence-corrected chi connectivity index (χ0v) is 25.8. The van der Waals surface area contributed by atoms with Crippen molar-refractivity contribution in [3.05, 3.63) is 66.0 Å². The lowest BCUT2D eigenvalue weighted by atomic mass is 9.94. The predicted molar refractivity (Wildman–Crippen MR) is 165 cm³/mol. The van der Waals surface area contributed by atoms with Crippen LogP contribution in [-0.4, -0.2) is 59.9 Å². The van der Waals surface area contributed by atoms with Crippen LogP contribution in [0.1, 0.15) is 64.9 Å². The van der Waals surface area contributed by atoms with Gasteiger partial charge in [0.05, 0.1) is 5.84 Å². The van der Waals surface area contributed by atoms with Gasteiger partial charge in [0, 0.05) is 57.5 Å². The molecule has 3 rings (SSSR count). The molecule has 0 spiro atoms. The van der Waals surface area contributed by atoms with Gasteiger partial charge in [-0.05, 0) is 67.9 Å². The molecular weight excluding hydrogens is 578 g/mol. The Morgan fingerprint density at radius 1 is 1.18 bits per heavy atom. The maximum absolute atomic E-state index is 14.9. The van der Waals surface area contributed by atoms with Crippen LogP contribution in [0.3, 0.4) is 0 Å². The van der Waals surface area contributed by atoms with E-state index >= 15 is 0 Å². The number of rotatable bonds is 12. The summed E-state index contributed by atoms with van der Waals surface area (Å²) in [6.07, 6.45) is 7.01. The summed E-state index contributed by atoms with van der Waals surface area (Å²) in [4.78, 5) is 26.0. The highest BCUT2D eigenvalue weighted by Gasteiger charge is 2.31. The van der Waals surface area contributed by atoms with Crippen LogP contribution < -0.4 is 10.2 Å². The fraction of sp³-hybridized carbons (Fsp3) is 0.500. The summed E-state index contributed by atoms with van der Waals surface area (Å²) in [5.41, 5.74) is 1.88. The molecule has 2 aromatic rings. The van der Waals surface area contributed by atoms with Crippen LogP contribution in [0.25, 0.3) is 11.1 Å². The van der Waals surface area contributed by atoms with Crippen molar-refractivity contribution in [3.63, 3.8) is 0 Å². The third-order valence-corrected chi connectivity index (χ3v) is 6.69. The second-order valence-electron chi connectivity index (χ2n) is 10.4. The van der Waals surface area contributed by atoms with Crippen LogP contribution in [0.15, 0.2) is 59.6 Å². The van der Waals surface area contributed by atoms with Crippen LogP contribution in [0.4, 0.5) is 23.5 Å². The number of piperidine rings is 1. The predicted octanol–water partition coefficient (Wildman–Crippen LogP) is 7.33. The molecule has 1 aromatic carbocycles. The Morgan fingerprint density at radius 3 is 2.39 bits per heavy atom. The van der Waals surface area contributed by atoms with Gasteiger partial charge in [-0.25, -0.2) is 14.4 Å². The zero-order valence-electron chi connectivity index (χ0n) is 25.8. The summed E-state index contributed by atoms with van der Waals surface area (Å²) in [5.74, 6) is -0.109. The number of anilines is 1. The number of benzene rings is 1. The van der Waals surface area contributed by atoms with Gasteiger partial charge in [-0.1, -0.05) is 38.5 Å². The minimum absolute atomic E-state index is 0.0926. The smallest absolute Gasteiger partial charge is 0.481 e. The number of amidine groups is 1. The lowest BCUT2D eigenvalue weighted by molar-refractivity contribution is -0.303. The van der Waals surface area contributed by atoms with Crippen molar-refractivity contribution in [2.75, 3.05) is 31.6 Å². The van der Waals surface area contributed by atoms with Crippen LogP contribution >= 0.6 is 0 Å². The van der Waals surface area contributed by atoms with E-state index in [1.54, 1.807) is 32.4 Å². The lowest BCUT2D eigenvalue weighted by Gasteiger charge is -2.31. The summed E-state index contributed by atoms with van der Waals surface area (Å²) in [7, 11) is 1.58. The molecule has 0 atom stereocenters. The third kappa shape index (κ3) is 13.1. The monoisotopic (exact) mass is 621 g/mol. The first-order chi connectivity index (χ1) is 21.0. The molecule has 44 heavy (non-hydrogen) atoms. The van der Waals surface area contributed by atoms with Crippen molar-refractivity contribution in [3.8, 4) is 11.1 Å². The quantitative estimate of drug-likeness (QED) is 0.0842. The normalized spacial score (nSPS) is 14.8. The minimum atomic E-state index is -4.77. The topological polar surface area (TPSA) is 99.9 Å². The molecular formula is C32H43F4N5O3. The van der Waals surface area contributed by atoms with Crippen molar-refractivity contribution in [2.24, 2.45) is 10.9 Å². The number of aryl methyl sites for hydroxylation is 1. The first kappa shape index (κ1) is 36.2. The number of carboxylic acid groups (broad SMARTS) is 1. The average molecular weight is 622 g/mol. The number of aliphatic imine (C=N–C) groups is 1. The maximum Gasteiger partial charge on any atom is 0.573 e. The molecule has 242 valence electrons. The first-order valence-corrected chi connectivity index (χ1v) is 14.8. The fourth-order valence-corrected chi connectivity index (χ4v) is 4.58. The number of nitrogens with one attached hydrogen (secondary N) is 1. The summed E-state index contributed by atoms with van der Waals surface area (Å²) in [6.45, 7) is 7.32. The van der Waals surface area contributed by atoms with Gasteiger partial charge in [0.25, 0.3) is 0 Å². The Kier molecular flexibility index (Phi) is 15.4. The summed E-state index contributed by atoms with van der Waals surface area (Å²) >= 11 is 0. The molecule has 1 saturated heterocycles. The van der Waals surface area contributed by atoms with E-state index in [4.69, 9.17) is 5.11 Å². The summed E-state index contributed by atoms with van der Waals surface area (Å²) < 4.78 is 56.3. The Balaban J connectivity index is 0.00000216. The zero-order chi connectivity index (χ0) is 32.5. The number of alkyl halides is 3. The summed E-state index contributed by atoms with van der Waals surface area (Å²) in [5, 5.41) is 11.9. The van der Waals surface area contributed by atoms with Crippen molar-refractivity contribution in [1.82, 2.24) is 15.3 Å². The van der Waals surface area contributed by atoms with Crippen LogP contribution in [0.2, 0.25) is 0 Å². The number of allylic oxidation sites excluding steroid dienone is 2. The van der Waals surface area contributed by atoms with Gasteiger partial charge >= 0.3 is 12.3 Å². The van der Waals surface area contributed by atoms with Crippen molar-refractivity contribution in [2.45, 2.75) is 72.1 Å². The number of hydrogen-bond donors (Lipinski definition) is 2. The third-order valence-electron chi connectivity index (χ3n) is 6.69. The Bertz CT molecular complexity index is 1260. The number of aromatic nitrogens is 2. The van der Waals surface area contributed by atoms with Gasteiger partial charge in [-0.15, -0.1) is 13.2 Å². The second kappa shape index (κ2) is 18.6.